The molecule has 1 unspecified atom stereocenters. The third kappa shape index (κ3) is 3.77. The minimum absolute atomic E-state index is 0.152. The van der Waals surface area contributed by atoms with Gasteiger partial charge in [-0.05, 0) is 23.1 Å². The summed E-state index contributed by atoms with van der Waals surface area (Å²) < 4.78 is 26.6. The van der Waals surface area contributed by atoms with Gasteiger partial charge in [-0.2, -0.15) is 0 Å². The van der Waals surface area contributed by atoms with Crippen molar-refractivity contribution < 1.29 is 13.9 Å². The summed E-state index contributed by atoms with van der Waals surface area (Å²) in [7, 11) is 0. The van der Waals surface area contributed by atoms with E-state index < -0.39 is 0 Å². The first-order valence-corrected chi connectivity index (χ1v) is 8.49. The number of rotatable bonds is 5. The predicted octanol–water partition coefficient (Wildman–Crippen LogP) is 4.06. The molecule has 128 valence electrons. The van der Waals surface area contributed by atoms with Gasteiger partial charge in [0.25, 0.3) is 0 Å². The van der Waals surface area contributed by atoms with Gasteiger partial charge in [-0.3, -0.25) is 0 Å². The molecule has 2 aromatic rings. The minimum atomic E-state index is -0.353. The third-order valence-corrected chi connectivity index (χ3v) is 4.29. The van der Waals surface area contributed by atoms with Crippen molar-refractivity contribution >= 4 is 0 Å². The maximum Gasteiger partial charge on any atom is 0.165 e. The van der Waals surface area contributed by atoms with Gasteiger partial charge in [0, 0.05) is 13.1 Å². The normalized spacial score (nSPS) is 19.2. The molecule has 0 saturated carbocycles. The summed E-state index contributed by atoms with van der Waals surface area (Å²) in [5.74, 6) is 0.180. The van der Waals surface area contributed by atoms with Crippen LogP contribution in [0.1, 0.15) is 37.0 Å². The fraction of sp³-hybridized carbons (Fsp3) is 0.400. The molecule has 2 atom stereocenters. The molecule has 4 heteroatoms. The van der Waals surface area contributed by atoms with E-state index in [1.54, 1.807) is 6.07 Å². The Morgan fingerprint density at radius 2 is 1.92 bits per heavy atom. The Labute approximate surface area is 142 Å². The molecule has 0 aliphatic carbocycles. The van der Waals surface area contributed by atoms with Crippen LogP contribution < -0.4 is 10.1 Å². The Kier molecular flexibility index (Phi) is 5.48. The van der Waals surface area contributed by atoms with Crippen molar-refractivity contribution in [3.05, 3.63) is 65.5 Å². The summed E-state index contributed by atoms with van der Waals surface area (Å²) in [4.78, 5) is 0. The predicted molar refractivity (Wildman–Crippen MR) is 92.9 cm³/mol. The Bertz CT molecular complexity index is 654. The van der Waals surface area contributed by atoms with Crippen LogP contribution in [0.3, 0.4) is 0 Å². The SMILES string of the molecule is CC(C)c1cccc(F)c1OC(c1ccccc1)[C@@H]1CNCCO1. The minimum Gasteiger partial charge on any atom is -0.480 e. The van der Waals surface area contributed by atoms with Crippen LogP contribution in [-0.4, -0.2) is 25.8 Å². The molecule has 0 aromatic heterocycles. The molecule has 1 saturated heterocycles. The maximum atomic E-state index is 14.5. The van der Waals surface area contributed by atoms with Crippen molar-refractivity contribution in [1.82, 2.24) is 5.32 Å². The smallest absolute Gasteiger partial charge is 0.165 e. The number of hydrogen-bond acceptors (Lipinski definition) is 3. The summed E-state index contributed by atoms with van der Waals surface area (Å²) >= 11 is 0. The zero-order valence-corrected chi connectivity index (χ0v) is 14.2. The van der Waals surface area contributed by atoms with Gasteiger partial charge in [0.1, 0.15) is 6.10 Å². The lowest BCUT2D eigenvalue weighted by Gasteiger charge is -2.32. The molecule has 3 rings (SSSR count). The summed E-state index contributed by atoms with van der Waals surface area (Å²) in [5, 5.41) is 3.32. The van der Waals surface area contributed by atoms with Crippen LogP contribution in [0, 0.1) is 5.82 Å². The summed E-state index contributed by atoms with van der Waals surface area (Å²) in [5.41, 5.74) is 1.86. The van der Waals surface area contributed by atoms with E-state index in [0.717, 1.165) is 17.7 Å². The lowest BCUT2D eigenvalue weighted by Crippen LogP contribution is -2.43. The number of morpholine rings is 1. The fourth-order valence-electron chi connectivity index (χ4n) is 3.01. The molecule has 0 radical (unpaired) electrons. The third-order valence-electron chi connectivity index (χ3n) is 4.29. The lowest BCUT2D eigenvalue weighted by molar-refractivity contribution is -0.0445. The van der Waals surface area contributed by atoms with Gasteiger partial charge in [0.05, 0.1) is 6.61 Å². The van der Waals surface area contributed by atoms with Crippen LogP contribution in [-0.2, 0) is 4.74 Å². The average Bonchev–Trinajstić information content (AvgIpc) is 2.62. The Morgan fingerprint density at radius 3 is 2.58 bits per heavy atom. The molecular formula is C20H24FNO2. The van der Waals surface area contributed by atoms with Gasteiger partial charge in [0.15, 0.2) is 17.7 Å². The second kappa shape index (κ2) is 7.77. The molecule has 1 heterocycles. The second-order valence-corrected chi connectivity index (χ2v) is 6.38. The molecule has 0 amide bonds. The Morgan fingerprint density at radius 1 is 1.12 bits per heavy atom. The van der Waals surface area contributed by atoms with Gasteiger partial charge in [-0.15, -0.1) is 0 Å². The van der Waals surface area contributed by atoms with Gasteiger partial charge < -0.3 is 14.8 Å². The lowest BCUT2D eigenvalue weighted by atomic mass is 10.00. The monoisotopic (exact) mass is 329 g/mol. The molecule has 2 aromatic carbocycles. The van der Waals surface area contributed by atoms with E-state index in [-0.39, 0.29) is 23.9 Å². The van der Waals surface area contributed by atoms with E-state index in [9.17, 15) is 4.39 Å². The zero-order chi connectivity index (χ0) is 16.9. The van der Waals surface area contributed by atoms with Crippen LogP contribution in [0.5, 0.6) is 5.75 Å². The summed E-state index contributed by atoms with van der Waals surface area (Å²) in [6.07, 6.45) is -0.505. The van der Waals surface area contributed by atoms with Crippen molar-refractivity contribution in [2.24, 2.45) is 0 Å². The molecule has 1 aliphatic heterocycles. The summed E-state index contributed by atoms with van der Waals surface area (Å²) in [6, 6.07) is 15.0. The Hall–Kier alpha value is -1.91. The van der Waals surface area contributed by atoms with Crippen LogP contribution >= 0.6 is 0 Å². The number of ether oxygens (including phenoxy) is 2. The van der Waals surface area contributed by atoms with Crippen molar-refractivity contribution in [3.8, 4) is 5.75 Å². The van der Waals surface area contributed by atoms with Crippen LogP contribution in [0.25, 0.3) is 0 Å². The van der Waals surface area contributed by atoms with Crippen molar-refractivity contribution in [2.45, 2.75) is 32.0 Å². The summed E-state index contributed by atoms with van der Waals surface area (Å²) in [6.45, 7) is 6.22. The van der Waals surface area contributed by atoms with Crippen molar-refractivity contribution in [3.63, 3.8) is 0 Å². The van der Waals surface area contributed by atoms with Gasteiger partial charge in [-0.1, -0.05) is 56.3 Å². The molecule has 1 N–H and O–H groups in total. The first kappa shape index (κ1) is 16.9. The number of hydrogen-bond donors (Lipinski definition) is 1. The van der Waals surface area contributed by atoms with Crippen molar-refractivity contribution in [2.75, 3.05) is 19.7 Å². The van der Waals surface area contributed by atoms with Crippen molar-refractivity contribution in [1.29, 1.82) is 0 Å². The topological polar surface area (TPSA) is 30.5 Å². The van der Waals surface area contributed by atoms with E-state index in [2.05, 4.69) is 5.32 Å². The van der Waals surface area contributed by atoms with E-state index in [1.165, 1.54) is 6.07 Å². The standard InChI is InChI=1S/C20H24FNO2/c1-14(2)16-9-6-10-17(21)20(16)24-19(15-7-4-3-5-8-15)18-13-22-11-12-23-18/h3-10,14,18-19,22H,11-13H2,1-2H3/t18-,19?/m0/s1. The Balaban J connectivity index is 1.95. The van der Waals surface area contributed by atoms with E-state index in [4.69, 9.17) is 9.47 Å². The maximum absolute atomic E-state index is 14.5. The van der Waals surface area contributed by atoms with Gasteiger partial charge >= 0.3 is 0 Å². The molecule has 0 spiro atoms. The molecule has 1 aliphatic rings. The highest BCUT2D eigenvalue weighted by atomic mass is 19.1. The second-order valence-electron chi connectivity index (χ2n) is 6.38. The average molecular weight is 329 g/mol. The number of nitrogens with one attached hydrogen (secondary N) is 1. The first-order chi connectivity index (χ1) is 11.7. The quantitative estimate of drug-likeness (QED) is 0.897. The molecule has 24 heavy (non-hydrogen) atoms. The first-order valence-electron chi connectivity index (χ1n) is 8.49. The zero-order valence-electron chi connectivity index (χ0n) is 14.2. The molecule has 3 nitrogen and oxygen atoms in total. The van der Waals surface area contributed by atoms with E-state index >= 15 is 0 Å². The van der Waals surface area contributed by atoms with Gasteiger partial charge in [-0.25, -0.2) is 4.39 Å². The highest BCUT2D eigenvalue weighted by Gasteiger charge is 2.29. The van der Waals surface area contributed by atoms with E-state index in [1.807, 2.05) is 50.2 Å². The number of halogens is 1. The highest BCUT2D eigenvalue weighted by molar-refractivity contribution is 5.38. The number of para-hydroxylation sites is 1. The van der Waals surface area contributed by atoms with Gasteiger partial charge in [0.2, 0.25) is 0 Å². The molecular weight excluding hydrogens is 305 g/mol. The van der Waals surface area contributed by atoms with Crippen LogP contribution in [0.4, 0.5) is 4.39 Å². The van der Waals surface area contributed by atoms with Crippen LogP contribution in [0.2, 0.25) is 0 Å². The highest BCUT2D eigenvalue weighted by Crippen LogP contribution is 2.34. The fourth-order valence-corrected chi connectivity index (χ4v) is 3.01. The molecule has 1 fully saturated rings. The number of benzene rings is 2. The van der Waals surface area contributed by atoms with Crippen LogP contribution in [0.15, 0.2) is 48.5 Å². The molecule has 0 bridgehead atoms. The largest absolute Gasteiger partial charge is 0.480 e. The van der Waals surface area contributed by atoms with E-state index in [0.29, 0.717) is 18.9 Å².